The quantitative estimate of drug-likeness (QED) is 0.755. The average Bonchev–Trinajstić information content (AvgIpc) is 2.65. The molecule has 0 aliphatic heterocycles. The number of hydrogen-bond donors (Lipinski definition) is 1. The number of benzene rings is 1. The van der Waals surface area contributed by atoms with E-state index in [2.05, 4.69) is 6.58 Å². The molecule has 0 spiro atoms. The summed E-state index contributed by atoms with van der Waals surface area (Å²) in [5.41, 5.74) is 6.99. The van der Waals surface area contributed by atoms with E-state index in [0.29, 0.717) is 0 Å². The van der Waals surface area contributed by atoms with E-state index in [4.69, 9.17) is 5.73 Å². The van der Waals surface area contributed by atoms with Gasteiger partial charge in [0.15, 0.2) is 0 Å². The maximum Gasteiger partial charge on any atom is 0.108 e. The lowest BCUT2D eigenvalue weighted by atomic mass is 10.2. The largest absolute Gasteiger partial charge is 0.385 e. The zero-order valence-corrected chi connectivity index (χ0v) is 9.85. The normalized spacial score (nSPS) is 10.1. The zero-order chi connectivity index (χ0) is 12.0. The van der Waals surface area contributed by atoms with Crippen molar-refractivity contribution in [3.8, 4) is 0 Å². The predicted molar refractivity (Wildman–Crippen MR) is 73.2 cm³/mol. The molecule has 0 atom stereocenters. The lowest BCUT2D eigenvalue weighted by molar-refractivity contribution is 1.24. The van der Waals surface area contributed by atoms with Crippen LogP contribution in [0.3, 0.4) is 0 Å². The molecule has 0 fully saturated rings. The molecule has 0 aliphatic rings. The van der Waals surface area contributed by atoms with E-state index in [1.807, 2.05) is 61.0 Å². The van der Waals surface area contributed by atoms with Crippen molar-refractivity contribution in [2.75, 3.05) is 5.73 Å². The number of fused-ring (bicyclic) bond motifs is 1. The van der Waals surface area contributed by atoms with Gasteiger partial charge in [-0.15, -0.1) is 0 Å². The first-order chi connectivity index (χ1) is 7.83. The van der Waals surface area contributed by atoms with E-state index in [-0.39, 0.29) is 0 Å². The summed E-state index contributed by atoms with van der Waals surface area (Å²) in [5, 5.41) is 1.15. The van der Waals surface area contributed by atoms with Gasteiger partial charge in [-0.2, -0.15) is 0 Å². The number of nitrogen functional groups attached to an aromatic ring is 1. The Morgan fingerprint density at radius 2 is 1.94 bits per heavy atom. The van der Waals surface area contributed by atoms with Gasteiger partial charge in [-0.1, -0.05) is 44.7 Å². The molecule has 2 rings (SSSR count). The van der Waals surface area contributed by atoms with E-state index >= 15 is 0 Å². The fourth-order valence-electron chi connectivity index (χ4n) is 1.51. The summed E-state index contributed by atoms with van der Waals surface area (Å²) in [5.74, 6) is 0.740. The van der Waals surface area contributed by atoms with Crippen LogP contribution in [0.15, 0.2) is 49.1 Å². The minimum atomic E-state index is 0.740. The van der Waals surface area contributed by atoms with Crippen molar-refractivity contribution >= 4 is 22.9 Å². The predicted octanol–water partition coefficient (Wildman–Crippen LogP) is 3.91. The van der Waals surface area contributed by atoms with Gasteiger partial charge in [0, 0.05) is 11.6 Å². The maximum absolute atomic E-state index is 5.87. The average molecular weight is 214 g/mol. The molecule has 16 heavy (non-hydrogen) atoms. The van der Waals surface area contributed by atoms with Gasteiger partial charge < -0.3 is 10.3 Å². The Bertz CT molecular complexity index is 492. The molecular weight excluding hydrogens is 196 g/mol. The van der Waals surface area contributed by atoms with Crippen molar-refractivity contribution < 1.29 is 0 Å². The van der Waals surface area contributed by atoms with E-state index < -0.39 is 0 Å². The summed E-state index contributed by atoms with van der Waals surface area (Å²) in [6.07, 6.45) is 5.50. The highest BCUT2D eigenvalue weighted by Gasteiger charge is 2.01. The van der Waals surface area contributed by atoms with E-state index in [9.17, 15) is 0 Å². The van der Waals surface area contributed by atoms with Gasteiger partial charge in [-0.3, -0.25) is 0 Å². The number of allylic oxidation sites excluding steroid dienone is 2. The van der Waals surface area contributed by atoms with Crippen LogP contribution in [0.4, 0.5) is 5.82 Å². The van der Waals surface area contributed by atoms with Gasteiger partial charge in [0.05, 0.1) is 5.52 Å². The number of rotatable bonds is 2. The Morgan fingerprint density at radius 1 is 1.25 bits per heavy atom. The molecule has 1 aromatic carbocycles. The second-order valence-electron chi connectivity index (χ2n) is 3.08. The van der Waals surface area contributed by atoms with Crippen molar-refractivity contribution in [3.63, 3.8) is 0 Å². The number of hydrogen-bond acceptors (Lipinski definition) is 1. The number of aromatic nitrogens is 1. The molecule has 0 saturated carbocycles. The zero-order valence-electron chi connectivity index (χ0n) is 9.85. The molecule has 1 heterocycles. The molecule has 84 valence electrons. The summed E-state index contributed by atoms with van der Waals surface area (Å²) in [6, 6.07) is 10.1. The van der Waals surface area contributed by atoms with Gasteiger partial charge in [-0.05, 0) is 18.2 Å². The van der Waals surface area contributed by atoms with Crippen LogP contribution >= 0.6 is 0 Å². The van der Waals surface area contributed by atoms with E-state index in [1.54, 1.807) is 6.08 Å². The number of nitrogens with zero attached hydrogens (tertiary/aromatic N) is 1. The fourth-order valence-corrected chi connectivity index (χ4v) is 1.51. The van der Waals surface area contributed by atoms with E-state index in [0.717, 1.165) is 16.7 Å². The standard InChI is InChI=1S/C12H12N2.C2H6/c1-2-3-8-14-11-7-5-4-6-10(11)9-12(14)13;1-2/h2-9H,1,13H2;1-2H3/b8-3-;. The number of nitrogens with two attached hydrogens (primary N) is 1. The van der Waals surface area contributed by atoms with Crippen LogP contribution in [0.1, 0.15) is 13.8 Å². The first-order valence-corrected chi connectivity index (χ1v) is 5.47. The van der Waals surface area contributed by atoms with Crippen molar-refractivity contribution in [1.82, 2.24) is 4.57 Å². The van der Waals surface area contributed by atoms with E-state index in [1.165, 1.54) is 0 Å². The third-order valence-electron chi connectivity index (χ3n) is 2.15. The highest BCUT2D eigenvalue weighted by atomic mass is 15.0. The Kier molecular flexibility index (Phi) is 4.40. The third kappa shape index (κ3) is 2.34. The fraction of sp³-hybridized carbons (Fsp3) is 0.143. The van der Waals surface area contributed by atoms with Gasteiger partial charge >= 0.3 is 0 Å². The molecule has 0 saturated heterocycles. The summed E-state index contributed by atoms with van der Waals surface area (Å²) >= 11 is 0. The smallest absolute Gasteiger partial charge is 0.108 e. The Labute approximate surface area is 96.7 Å². The van der Waals surface area contributed by atoms with Crippen molar-refractivity contribution in [2.24, 2.45) is 0 Å². The number of anilines is 1. The Balaban J connectivity index is 0.000000606. The Morgan fingerprint density at radius 3 is 2.62 bits per heavy atom. The van der Waals surface area contributed by atoms with Crippen molar-refractivity contribution in [1.29, 1.82) is 0 Å². The molecule has 0 bridgehead atoms. The minimum Gasteiger partial charge on any atom is -0.385 e. The van der Waals surface area contributed by atoms with Crippen LogP contribution in [-0.4, -0.2) is 4.57 Å². The van der Waals surface area contributed by atoms with Crippen LogP contribution in [0.2, 0.25) is 0 Å². The third-order valence-corrected chi connectivity index (χ3v) is 2.15. The lowest BCUT2D eigenvalue weighted by Gasteiger charge is -1.99. The molecule has 2 aromatic rings. The molecule has 0 aliphatic carbocycles. The maximum atomic E-state index is 5.87. The molecular formula is C14H18N2. The van der Waals surface area contributed by atoms with Crippen molar-refractivity contribution in [2.45, 2.75) is 13.8 Å². The second-order valence-corrected chi connectivity index (χ2v) is 3.08. The highest BCUT2D eigenvalue weighted by Crippen LogP contribution is 2.21. The summed E-state index contributed by atoms with van der Waals surface area (Å²) < 4.78 is 1.94. The lowest BCUT2D eigenvalue weighted by Crippen LogP contribution is -1.93. The van der Waals surface area contributed by atoms with Gasteiger partial charge in [0.1, 0.15) is 5.82 Å². The molecule has 0 amide bonds. The first kappa shape index (κ1) is 12.1. The second kappa shape index (κ2) is 5.81. The molecule has 0 unspecified atom stereocenters. The SMILES string of the molecule is C=C/C=C\n1c(N)cc2ccccc21.CC. The summed E-state index contributed by atoms with van der Waals surface area (Å²) in [4.78, 5) is 0. The van der Waals surface area contributed by atoms with Crippen molar-refractivity contribution in [3.05, 3.63) is 49.1 Å². The van der Waals surface area contributed by atoms with Crippen LogP contribution < -0.4 is 5.73 Å². The molecule has 2 heteroatoms. The van der Waals surface area contributed by atoms with Gasteiger partial charge in [0.2, 0.25) is 0 Å². The van der Waals surface area contributed by atoms with Crippen LogP contribution in [0.5, 0.6) is 0 Å². The first-order valence-electron chi connectivity index (χ1n) is 5.47. The number of para-hydroxylation sites is 1. The molecule has 1 aromatic heterocycles. The summed E-state index contributed by atoms with van der Waals surface area (Å²) in [6.45, 7) is 7.63. The van der Waals surface area contributed by atoms with Crippen LogP contribution in [-0.2, 0) is 0 Å². The highest BCUT2D eigenvalue weighted by molar-refractivity contribution is 5.86. The topological polar surface area (TPSA) is 30.9 Å². The molecule has 2 N–H and O–H groups in total. The Hall–Kier alpha value is -1.96. The van der Waals surface area contributed by atoms with Gasteiger partial charge in [0.25, 0.3) is 0 Å². The molecule has 2 nitrogen and oxygen atoms in total. The van der Waals surface area contributed by atoms with Crippen LogP contribution in [0.25, 0.3) is 17.1 Å². The minimum absolute atomic E-state index is 0.740. The van der Waals surface area contributed by atoms with Gasteiger partial charge in [-0.25, -0.2) is 0 Å². The molecule has 0 radical (unpaired) electrons. The summed E-state index contributed by atoms with van der Waals surface area (Å²) in [7, 11) is 0. The van der Waals surface area contributed by atoms with Crippen LogP contribution in [0, 0.1) is 0 Å². The monoisotopic (exact) mass is 214 g/mol.